The zero-order chi connectivity index (χ0) is 14.7. The van der Waals surface area contributed by atoms with Gasteiger partial charge in [-0.3, -0.25) is 0 Å². The second kappa shape index (κ2) is 6.70. The number of carbonyl (C=O) groups is 2. The van der Waals surface area contributed by atoms with Crippen molar-refractivity contribution >= 4 is 23.8 Å². The third-order valence-corrected chi connectivity index (χ3v) is 5.44. The molecule has 1 N–H and O–H groups in total. The van der Waals surface area contributed by atoms with Gasteiger partial charge in [-0.05, 0) is 18.8 Å². The van der Waals surface area contributed by atoms with E-state index in [-0.39, 0.29) is 12.1 Å². The van der Waals surface area contributed by atoms with Crippen molar-refractivity contribution < 1.29 is 14.7 Å². The molecule has 1 aliphatic carbocycles. The average molecular weight is 300 g/mol. The Morgan fingerprint density at radius 3 is 2.75 bits per heavy atom. The maximum absolute atomic E-state index is 12.6. The largest absolute Gasteiger partial charge is 0.480 e. The van der Waals surface area contributed by atoms with Crippen LogP contribution in [0.5, 0.6) is 0 Å². The molecule has 0 aromatic heterocycles. The van der Waals surface area contributed by atoms with Crippen molar-refractivity contribution in [2.45, 2.75) is 44.7 Å². The summed E-state index contributed by atoms with van der Waals surface area (Å²) in [6, 6.07) is -0.531. The minimum absolute atomic E-state index is 0.114. The van der Waals surface area contributed by atoms with E-state index in [4.69, 9.17) is 0 Å². The van der Waals surface area contributed by atoms with Gasteiger partial charge in [0.25, 0.3) is 0 Å². The van der Waals surface area contributed by atoms with E-state index in [1.54, 1.807) is 16.7 Å². The van der Waals surface area contributed by atoms with E-state index in [1.165, 1.54) is 11.3 Å². The van der Waals surface area contributed by atoms with Gasteiger partial charge in [-0.25, -0.2) is 9.59 Å². The zero-order valence-electron chi connectivity index (χ0n) is 12.2. The van der Waals surface area contributed by atoms with Gasteiger partial charge in [0.15, 0.2) is 0 Å². The number of aliphatic carboxylic acids is 1. The highest BCUT2D eigenvalue weighted by Crippen LogP contribution is 2.28. The molecule has 1 saturated carbocycles. The molecule has 0 aromatic rings. The molecule has 2 amide bonds. The molecule has 114 valence electrons. The summed E-state index contributed by atoms with van der Waals surface area (Å²) in [5.41, 5.74) is 0. The molecule has 0 bridgehead atoms. The van der Waals surface area contributed by atoms with E-state index in [2.05, 4.69) is 6.92 Å². The first-order chi connectivity index (χ1) is 9.50. The number of rotatable bonds is 2. The predicted molar refractivity (Wildman–Crippen MR) is 80.0 cm³/mol. The molecule has 1 saturated heterocycles. The van der Waals surface area contributed by atoms with E-state index < -0.39 is 12.0 Å². The van der Waals surface area contributed by atoms with Crippen molar-refractivity contribution in [1.29, 1.82) is 0 Å². The molecule has 2 aliphatic rings. The highest BCUT2D eigenvalue weighted by Gasteiger charge is 2.36. The number of hydrogen-bond acceptors (Lipinski definition) is 3. The number of hydrogen-bond donors (Lipinski definition) is 1. The molecule has 0 aromatic carbocycles. The summed E-state index contributed by atoms with van der Waals surface area (Å²) < 4.78 is 0. The third-order valence-electron chi connectivity index (χ3n) is 4.42. The van der Waals surface area contributed by atoms with E-state index in [9.17, 15) is 14.7 Å². The molecule has 1 heterocycles. The molecule has 6 heteroatoms. The second-order valence-electron chi connectivity index (χ2n) is 5.94. The predicted octanol–water partition coefficient (Wildman–Crippen LogP) is 2.12. The molecule has 1 aliphatic heterocycles. The van der Waals surface area contributed by atoms with Gasteiger partial charge in [0, 0.05) is 31.1 Å². The Hall–Kier alpha value is -0.910. The first kappa shape index (κ1) is 15.5. The van der Waals surface area contributed by atoms with Gasteiger partial charge in [0.1, 0.15) is 6.04 Å². The molecule has 0 spiro atoms. The molecule has 2 fully saturated rings. The van der Waals surface area contributed by atoms with Gasteiger partial charge in [0.2, 0.25) is 0 Å². The number of urea groups is 1. The standard InChI is InChI=1S/C14H24N2O3S/c1-10-4-3-5-11(8-10)15(2)14(19)16-6-7-20-9-12(16)13(17)18/h10-12H,3-9H2,1-2H3,(H,17,18). The van der Waals surface area contributed by atoms with Crippen molar-refractivity contribution in [1.82, 2.24) is 9.80 Å². The minimum atomic E-state index is -0.893. The summed E-state index contributed by atoms with van der Waals surface area (Å²) in [5.74, 6) is 1.08. The number of nitrogens with zero attached hydrogens (tertiary/aromatic N) is 2. The fraction of sp³-hybridized carbons (Fsp3) is 0.857. The summed E-state index contributed by atoms with van der Waals surface area (Å²) in [6.07, 6.45) is 4.45. The maximum atomic E-state index is 12.6. The summed E-state index contributed by atoms with van der Waals surface area (Å²) in [7, 11) is 1.83. The van der Waals surface area contributed by atoms with Crippen LogP contribution < -0.4 is 0 Å². The first-order valence-corrected chi connectivity index (χ1v) is 8.50. The van der Waals surface area contributed by atoms with Crippen molar-refractivity contribution in [2.75, 3.05) is 25.1 Å². The topological polar surface area (TPSA) is 60.9 Å². The first-order valence-electron chi connectivity index (χ1n) is 7.34. The smallest absolute Gasteiger partial charge is 0.327 e. The number of carboxylic acids is 1. The number of carboxylic acid groups (broad SMARTS) is 1. The molecule has 0 radical (unpaired) electrons. The summed E-state index contributed by atoms with van der Waals surface area (Å²) in [6.45, 7) is 2.76. The molecule has 3 atom stereocenters. The quantitative estimate of drug-likeness (QED) is 0.848. The van der Waals surface area contributed by atoms with Crippen LogP contribution in [0.15, 0.2) is 0 Å². The monoisotopic (exact) mass is 300 g/mol. The molecule has 5 nitrogen and oxygen atoms in total. The van der Waals surface area contributed by atoms with E-state index in [0.717, 1.165) is 25.0 Å². The second-order valence-corrected chi connectivity index (χ2v) is 7.09. The van der Waals surface area contributed by atoms with E-state index in [1.807, 2.05) is 7.05 Å². The van der Waals surface area contributed by atoms with Crippen LogP contribution >= 0.6 is 11.8 Å². The van der Waals surface area contributed by atoms with Gasteiger partial charge in [-0.2, -0.15) is 11.8 Å². The Balaban J connectivity index is 2.02. The Morgan fingerprint density at radius 2 is 2.10 bits per heavy atom. The lowest BCUT2D eigenvalue weighted by Crippen LogP contribution is -2.56. The number of thioether (sulfide) groups is 1. The van der Waals surface area contributed by atoms with Crippen LogP contribution in [0.4, 0.5) is 4.79 Å². The Labute approximate surface area is 124 Å². The lowest BCUT2D eigenvalue weighted by molar-refractivity contribution is -0.141. The fourth-order valence-electron chi connectivity index (χ4n) is 3.15. The van der Waals surface area contributed by atoms with Crippen molar-refractivity contribution in [3.63, 3.8) is 0 Å². The Kier molecular flexibility index (Phi) is 5.18. The molecular weight excluding hydrogens is 276 g/mol. The van der Waals surface area contributed by atoms with Gasteiger partial charge >= 0.3 is 12.0 Å². The highest BCUT2D eigenvalue weighted by atomic mass is 32.2. The van der Waals surface area contributed by atoms with Crippen LogP contribution in [0.1, 0.15) is 32.6 Å². The van der Waals surface area contributed by atoms with Gasteiger partial charge in [0.05, 0.1) is 0 Å². The lowest BCUT2D eigenvalue weighted by Gasteiger charge is -2.40. The molecule has 3 unspecified atom stereocenters. The van der Waals surface area contributed by atoms with Crippen LogP contribution in [0, 0.1) is 5.92 Å². The molecular formula is C14H24N2O3S. The summed E-state index contributed by atoms with van der Waals surface area (Å²) >= 11 is 1.61. The van der Waals surface area contributed by atoms with E-state index in [0.29, 0.717) is 18.2 Å². The van der Waals surface area contributed by atoms with Crippen molar-refractivity contribution in [3.8, 4) is 0 Å². The van der Waals surface area contributed by atoms with Gasteiger partial charge < -0.3 is 14.9 Å². The highest BCUT2D eigenvalue weighted by molar-refractivity contribution is 7.99. The normalized spacial score (nSPS) is 30.9. The zero-order valence-corrected chi connectivity index (χ0v) is 13.1. The molecule has 20 heavy (non-hydrogen) atoms. The Bertz CT molecular complexity index is 377. The van der Waals surface area contributed by atoms with Crippen LogP contribution in [-0.4, -0.2) is 64.1 Å². The van der Waals surface area contributed by atoms with Gasteiger partial charge in [-0.15, -0.1) is 0 Å². The average Bonchev–Trinajstić information content (AvgIpc) is 2.45. The van der Waals surface area contributed by atoms with E-state index >= 15 is 0 Å². The molecule has 2 rings (SSSR count). The van der Waals surface area contributed by atoms with Crippen LogP contribution in [0.3, 0.4) is 0 Å². The minimum Gasteiger partial charge on any atom is -0.480 e. The Morgan fingerprint density at radius 1 is 1.35 bits per heavy atom. The number of carbonyl (C=O) groups excluding carboxylic acids is 1. The number of amides is 2. The third kappa shape index (κ3) is 3.40. The van der Waals surface area contributed by atoms with Crippen molar-refractivity contribution in [3.05, 3.63) is 0 Å². The lowest BCUT2D eigenvalue weighted by atomic mass is 9.86. The van der Waals surface area contributed by atoms with Crippen molar-refractivity contribution in [2.24, 2.45) is 5.92 Å². The maximum Gasteiger partial charge on any atom is 0.327 e. The van der Waals surface area contributed by atoms with Crippen LogP contribution in [-0.2, 0) is 4.79 Å². The van der Waals surface area contributed by atoms with Gasteiger partial charge in [-0.1, -0.05) is 19.8 Å². The fourth-order valence-corrected chi connectivity index (χ4v) is 4.19. The summed E-state index contributed by atoms with van der Waals surface area (Å²) in [4.78, 5) is 27.2. The van der Waals surface area contributed by atoms with Crippen LogP contribution in [0.25, 0.3) is 0 Å². The van der Waals surface area contributed by atoms with Crippen LogP contribution in [0.2, 0.25) is 0 Å². The summed E-state index contributed by atoms with van der Waals surface area (Å²) in [5, 5.41) is 9.27. The SMILES string of the molecule is CC1CCCC(N(C)C(=O)N2CCSCC2C(=O)O)C1.